The normalized spacial score (nSPS) is 23.5. The zero-order valence-corrected chi connectivity index (χ0v) is 27.7. The standard InChI is InChI=1S/C40H51ClN/c1-7-9-15-29-22-25-32(39(3,4)34-19-11-10-18-33(29)34)26-23-30-16-14-17-31(38(30)41)24-27-37-40(5,6)35-20-12-13-21-36(35)42(37)28-8-2/h10-13,18-21,23-24,26-27,29H,7-9,14-17,22,25,28H2,1-6H3/q+1. The van der Waals surface area contributed by atoms with Gasteiger partial charge in [0.25, 0.3) is 0 Å². The molecule has 0 saturated carbocycles. The average molecular weight is 581 g/mol. The number of benzene rings is 2. The third-order valence-corrected chi connectivity index (χ3v) is 10.7. The summed E-state index contributed by atoms with van der Waals surface area (Å²) in [5.41, 5.74) is 11.3. The van der Waals surface area contributed by atoms with Gasteiger partial charge in [-0.05, 0) is 80.6 Å². The van der Waals surface area contributed by atoms with Crippen molar-refractivity contribution in [1.29, 1.82) is 0 Å². The molecule has 2 aliphatic carbocycles. The Kier molecular flexibility index (Phi) is 9.48. The van der Waals surface area contributed by atoms with Gasteiger partial charge >= 0.3 is 0 Å². The van der Waals surface area contributed by atoms with E-state index in [0.29, 0.717) is 5.92 Å². The van der Waals surface area contributed by atoms with Crippen LogP contribution in [0.15, 0.2) is 94.6 Å². The van der Waals surface area contributed by atoms with Gasteiger partial charge in [0.2, 0.25) is 5.69 Å². The highest BCUT2D eigenvalue weighted by Crippen LogP contribution is 2.46. The zero-order valence-electron chi connectivity index (χ0n) is 26.9. The number of para-hydroxylation sites is 1. The summed E-state index contributed by atoms with van der Waals surface area (Å²) in [6, 6.07) is 18.1. The molecule has 2 heteroatoms. The van der Waals surface area contributed by atoms with Crippen molar-refractivity contribution in [2.45, 2.75) is 116 Å². The Labute approximate surface area is 260 Å². The van der Waals surface area contributed by atoms with E-state index in [2.05, 4.69) is 119 Å². The molecule has 3 aliphatic rings. The third-order valence-electron chi connectivity index (χ3n) is 10.2. The molecule has 0 radical (unpaired) electrons. The molecule has 1 atom stereocenters. The van der Waals surface area contributed by atoms with Crippen LogP contribution >= 0.6 is 11.6 Å². The van der Waals surface area contributed by atoms with Gasteiger partial charge < -0.3 is 0 Å². The largest absolute Gasteiger partial charge is 0.209 e. The molecule has 1 aliphatic heterocycles. The van der Waals surface area contributed by atoms with E-state index in [1.165, 1.54) is 64.9 Å². The molecule has 222 valence electrons. The lowest BCUT2D eigenvalue weighted by molar-refractivity contribution is -0.437. The second kappa shape index (κ2) is 12.9. The Hall–Kier alpha value is -2.64. The predicted molar refractivity (Wildman–Crippen MR) is 183 cm³/mol. The van der Waals surface area contributed by atoms with Crippen molar-refractivity contribution in [3.05, 3.63) is 111 Å². The van der Waals surface area contributed by atoms with Crippen LogP contribution in [-0.2, 0) is 10.8 Å². The quantitative estimate of drug-likeness (QED) is 0.216. The van der Waals surface area contributed by atoms with Gasteiger partial charge in [-0.15, -0.1) is 0 Å². The van der Waals surface area contributed by atoms with Crippen molar-refractivity contribution < 1.29 is 4.58 Å². The molecule has 0 bridgehead atoms. The molecule has 0 fully saturated rings. The van der Waals surface area contributed by atoms with Gasteiger partial charge in [-0.2, -0.15) is 4.58 Å². The highest BCUT2D eigenvalue weighted by atomic mass is 35.5. The first kappa shape index (κ1) is 30.8. The SMILES string of the molecule is CCCCC1CCC(=CC=C2CCCC(C=CC3=[N+](CCC)c4ccccc4C3(C)C)=C2Cl)C(C)(C)c2ccccc21. The van der Waals surface area contributed by atoms with Crippen molar-refractivity contribution in [3.8, 4) is 0 Å². The van der Waals surface area contributed by atoms with Crippen LogP contribution in [0.4, 0.5) is 5.69 Å². The highest BCUT2D eigenvalue weighted by molar-refractivity contribution is 6.32. The van der Waals surface area contributed by atoms with Crippen molar-refractivity contribution in [2.75, 3.05) is 6.54 Å². The monoisotopic (exact) mass is 580 g/mol. The molecule has 5 rings (SSSR count). The zero-order chi connectivity index (χ0) is 29.9. The molecule has 0 N–H and O–H groups in total. The number of unbranched alkanes of at least 4 members (excludes halogenated alkanes) is 1. The summed E-state index contributed by atoms with van der Waals surface area (Å²) in [7, 11) is 0. The Bertz CT molecular complexity index is 1460. The molecule has 1 heterocycles. The molecule has 2 aromatic rings. The number of hydrogen-bond donors (Lipinski definition) is 0. The Morgan fingerprint density at radius 1 is 0.833 bits per heavy atom. The van der Waals surface area contributed by atoms with E-state index in [4.69, 9.17) is 11.6 Å². The fourth-order valence-electron chi connectivity index (χ4n) is 7.63. The van der Waals surface area contributed by atoms with E-state index in [-0.39, 0.29) is 10.8 Å². The summed E-state index contributed by atoms with van der Waals surface area (Å²) in [5.74, 6) is 0.657. The number of hydrogen-bond acceptors (Lipinski definition) is 0. The summed E-state index contributed by atoms with van der Waals surface area (Å²) in [4.78, 5) is 0. The predicted octanol–water partition coefficient (Wildman–Crippen LogP) is 11.6. The van der Waals surface area contributed by atoms with E-state index in [1.807, 2.05) is 0 Å². The number of allylic oxidation sites excluding steroid dienone is 8. The van der Waals surface area contributed by atoms with E-state index in [0.717, 1.165) is 43.7 Å². The van der Waals surface area contributed by atoms with Gasteiger partial charge in [-0.25, -0.2) is 0 Å². The van der Waals surface area contributed by atoms with E-state index in [9.17, 15) is 0 Å². The lowest BCUT2D eigenvalue weighted by atomic mass is 9.75. The van der Waals surface area contributed by atoms with Gasteiger partial charge in [0.05, 0.1) is 5.41 Å². The summed E-state index contributed by atoms with van der Waals surface area (Å²) in [5, 5.41) is 0.956. The lowest BCUT2D eigenvalue weighted by Gasteiger charge is -2.29. The molecule has 0 amide bonds. The van der Waals surface area contributed by atoms with E-state index >= 15 is 0 Å². The van der Waals surface area contributed by atoms with Crippen LogP contribution in [0, 0.1) is 0 Å². The average Bonchev–Trinajstić information content (AvgIpc) is 3.13. The highest BCUT2D eigenvalue weighted by Gasteiger charge is 2.43. The van der Waals surface area contributed by atoms with Crippen LogP contribution in [0.25, 0.3) is 0 Å². The topological polar surface area (TPSA) is 3.01 Å². The van der Waals surface area contributed by atoms with E-state index < -0.39 is 0 Å². The first-order chi connectivity index (χ1) is 20.2. The van der Waals surface area contributed by atoms with Gasteiger partial charge in [0, 0.05) is 34.6 Å². The smallest absolute Gasteiger partial charge is 0.195 e. The maximum absolute atomic E-state index is 7.18. The number of fused-ring (bicyclic) bond motifs is 2. The molecule has 1 unspecified atom stereocenters. The second-order valence-corrected chi connectivity index (χ2v) is 14.1. The van der Waals surface area contributed by atoms with Crippen LogP contribution in [0.5, 0.6) is 0 Å². The van der Waals surface area contributed by atoms with Gasteiger partial charge in [-0.1, -0.05) is 118 Å². The molecular weight excluding hydrogens is 530 g/mol. The van der Waals surface area contributed by atoms with Crippen molar-refractivity contribution >= 4 is 23.0 Å². The second-order valence-electron chi connectivity index (χ2n) is 13.7. The lowest BCUT2D eigenvalue weighted by Crippen LogP contribution is -2.27. The van der Waals surface area contributed by atoms with Gasteiger partial charge in [0.15, 0.2) is 5.71 Å². The summed E-state index contributed by atoms with van der Waals surface area (Å²) < 4.78 is 2.52. The molecule has 0 aromatic heterocycles. The van der Waals surface area contributed by atoms with Crippen LogP contribution in [-0.4, -0.2) is 16.8 Å². The van der Waals surface area contributed by atoms with Crippen LogP contribution in [0.3, 0.4) is 0 Å². The number of halogens is 1. The first-order valence-electron chi connectivity index (χ1n) is 16.5. The van der Waals surface area contributed by atoms with Crippen LogP contribution in [0.2, 0.25) is 0 Å². The van der Waals surface area contributed by atoms with Gasteiger partial charge in [0.1, 0.15) is 6.54 Å². The molecule has 0 spiro atoms. The fourth-order valence-corrected chi connectivity index (χ4v) is 7.94. The Balaban J connectivity index is 1.45. The molecule has 2 aromatic carbocycles. The number of nitrogens with zero attached hydrogens (tertiary/aromatic N) is 1. The minimum atomic E-state index is -0.0244. The van der Waals surface area contributed by atoms with Crippen LogP contribution in [0.1, 0.15) is 122 Å². The molecule has 0 saturated heterocycles. The van der Waals surface area contributed by atoms with Crippen molar-refractivity contribution in [3.63, 3.8) is 0 Å². The summed E-state index contributed by atoms with van der Waals surface area (Å²) in [6.07, 6.45) is 20.0. The minimum Gasteiger partial charge on any atom is -0.195 e. The van der Waals surface area contributed by atoms with E-state index in [1.54, 1.807) is 5.56 Å². The third kappa shape index (κ3) is 5.92. The molecule has 1 nitrogen and oxygen atoms in total. The summed E-state index contributed by atoms with van der Waals surface area (Å²) in [6.45, 7) is 15.2. The maximum atomic E-state index is 7.18. The summed E-state index contributed by atoms with van der Waals surface area (Å²) >= 11 is 7.18. The van der Waals surface area contributed by atoms with Crippen molar-refractivity contribution in [2.24, 2.45) is 0 Å². The molecular formula is C40H51ClN+. The first-order valence-corrected chi connectivity index (χ1v) is 16.9. The van der Waals surface area contributed by atoms with Gasteiger partial charge in [-0.3, -0.25) is 0 Å². The molecule has 42 heavy (non-hydrogen) atoms. The van der Waals surface area contributed by atoms with Crippen molar-refractivity contribution in [1.82, 2.24) is 0 Å². The number of rotatable bonds is 8. The van der Waals surface area contributed by atoms with Crippen LogP contribution < -0.4 is 0 Å². The Morgan fingerprint density at radius 3 is 2.33 bits per heavy atom. The fraction of sp³-hybridized carbons (Fsp3) is 0.475. The maximum Gasteiger partial charge on any atom is 0.209 e. The minimum absolute atomic E-state index is 0.0185. The Morgan fingerprint density at radius 2 is 1.57 bits per heavy atom.